The van der Waals surface area contributed by atoms with Crippen molar-refractivity contribution in [3.63, 3.8) is 0 Å². The van der Waals surface area contributed by atoms with Gasteiger partial charge in [0, 0.05) is 124 Å². The van der Waals surface area contributed by atoms with E-state index in [1.807, 2.05) is 37.6 Å². The number of hydrogen-bond donors (Lipinski definition) is 3. The third-order valence-electron chi connectivity index (χ3n) is 13.3. The van der Waals surface area contributed by atoms with Crippen LogP contribution in [0.1, 0.15) is 19.3 Å². The van der Waals surface area contributed by atoms with Gasteiger partial charge in [-0.15, -0.1) is 0 Å². The molecule has 3 fully saturated rings. The van der Waals surface area contributed by atoms with Crippen LogP contribution in [0.2, 0.25) is 0 Å². The number of benzene rings is 3. The van der Waals surface area contributed by atoms with Gasteiger partial charge < -0.3 is 29.7 Å². The number of piperidine rings is 1. The summed E-state index contributed by atoms with van der Waals surface area (Å²) in [6.07, 6.45) is 8.73. The molecule has 3 amide bonds. The lowest BCUT2D eigenvalue weighted by molar-refractivity contribution is -0.120. The predicted molar refractivity (Wildman–Crippen MR) is 272 cm³/mol. The van der Waals surface area contributed by atoms with Gasteiger partial charge in [-0.05, 0) is 84.4 Å². The molecule has 0 spiro atoms. The number of carbonyl (C=O) groups is 2. The van der Waals surface area contributed by atoms with Gasteiger partial charge in [-0.3, -0.25) is 34.3 Å². The number of carbonyl (C=O) groups excluding carboxylic acids is 2. The van der Waals surface area contributed by atoms with Crippen LogP contribution in [0.5, 0.6) is 5.75 Å². The first-order chi connectivity index (χ1) is 33.6. The molecule has 22 heteroatoms. The number of fused-ring (bicyclic) bond motifs is 2. The standard InChI is InChI=1S/C48H52BrF2N14O4P/c1-60-27-29(23-54-60)31-20-38(56-47-53-25-34(49)45(58-47)55-37-7-6-36-32(18-30(50)24-52-36)44(37)70(4,5)68)42(69-3)22-40(31)63-11-8-28(9-12-63)26-62-14-16-64(17-15-62)41-21-39-33(19-35(41)51)46(59-61(39)2)65-13-10-43(66)57-48(65)67/h6-7,18-25,27-28H,8-17,26H2,1-5H3,(H,57,66,67)(H2,53,55,56,58). The lowest BCUT2D eigenvalue weighted by Gasteiger charge is -2.40. The zero-order valence-electron chi connectivity index (χ0n) is 39.3. The number of aryl methyl sites for hydroxylation is 2. The Morgan fingerprint density at radius 1 is 0.871 bits per heavy atom. The van der Waals surface area contributed by atoms with Crippen molar-refractivity contribution in [1.82, 2.24) is 44.7 Å². The summed E-state index contributed by atoms with van der Waals surface area (Å²) in [5, 5.41) is 19.5. The van der Waals surface area contributed by atoms with E-state index in [2.05, 4.69) is 66.7 Å². The number of aromatic nitrogens is 7. The molecule has 0 unspecified atom stereocenters. The number of hydrogen-bond acceptors (Lipinski definition) is 14. The average molecular weight is 1040 g/mol. The molecule has 70 heavy (non-hydrogen) atoms. The van der Waals surface area contributed by atoms with Gasteiger partial charge in [-0.25, -0.2) is 18.6 Å². The molecular weight excluding hydrogens is 985 g/mol. The maximum Gasteiger partial charge on any atom is 0.329 e. The van der Waals surface area contributed by atoms with Crippen molar-refractivity contribution in [2.45, 2.75) is 19.3 Å². The molecule has 3 aliphatic heterocycles. The second-order valence-electron chi connectivity index (χ2n) is 18.4. The second kappa shape index (κ2) is 18.9. The van der Waals surface area contributed by atoms with Crippen LogP contribution in [-0.4, -0.2) is 124 Å². The summed E-state index contributed by atoms with van der Waals surface area (Å²) >= 11 is 3.57. The van der Waals surface area contributed by atoms with Gasteiger partial charge in [0.05, 0.1) is 52.1 Å². The average Bonchev–Trinajstić information content (AvgIpc) is 3.91. The summed E-state index contributed by atoms with van der Waals surface area (Å²) in [7, 11) is 2.35. The number of piperazine rings is 1. The number of urea groups is 1. The third kappa shape index (κ3) is 9.36. The van der Waals surface area contributed by atoms with Crippen molar-refractivity contribution in [1.29, 1.82) is 0 Å². The fourth-order valence-corrected chi connectivity index (χ4v) is 11.6. The summed E-state index contributed by atoms with van der Waals surface area (Å²) in [6, 6.07) is 11.7. The Kier molecular flexibility index (Phi) is 12.7. The maximum absolute atomic E-state index is 15.8. The van der Waals surface area contributed by atoms with Gasteiger partial charge in [0.15, 0.2) is 5.82 Å². The summed E-state index contributed by atoms with van der Waals surface area (Å²) in [6.45, 7) is 9.05. The van der Waals surface area contributed by atoms with E-state index in [4.69, 9.17) is 9.72 Å². The van der Waals surface area contributed by atoms with Crippen molar-refractivity contribution < 1.29 is 27.7 Å². The van der Waals surface area contributed by atoms with Gasteiger partial charge in [0.25, 0.3) is 0 Å². The predicted octanol–water partition coefficient (Wildman–Crippen LogP) is 7.58. The Labute approximate surface area is 410 Å². The van der Waals surface area contributed by atoms with Crippen LogP contribution in [-0.2, 0) is 23.5 Å². The fraction of sp³-hybridized carbons (Fsp3) is 0.354. The minimum Gasteiger partial charge on any atom is -0.494 e. The van der Waals surface area contributed by atoms with Gasteiger partial charge in [-0.2, -0.15) is 15.2 Å². The second-order valence-corrected chi connectivity index (χ2v) is 22.4. The number of pyridine rings is 1. The number of ether oxygens (including phenoxy) is 1. The third-order valence-corrected chi connectivity index (χ3v) is 15.5. The molecule has 7 aromatic rings. The van der Waals surface area contributed by atoms with Crippen LogP contribution in [0.25, 0.3) is 32.9 Å². The number of nitrogens with one attached hydrogen (secondary N) is 3. The van der Waals surface area contributed by atoms with Crippen molar-refractivity contribution >= 4 is 102 Å². The Bertz CT molecular complexity index is 3240. The molecule has 364 valence electrons. The molecule has 10 rings (SSSR count). The molecular formula is C48H52BrF2N14O4P. The molecule has 0 atom stereocenters. The molecule has 18 nitrogen and oxygen atoms in total. The van der Waals surface area contributed by atoms with Crippen LogP contribution in [0, 0.1) is 17.6 Å². The molecule has 3 aromatic carbocycles. The lowest BCUT2D eigenvalue weighted by Crippen LogP contribution is -2.49. The van der Waals surface area contributed by atoms with Crippen LogP contribution in [0.15, 0.2) is 71.7 Å². The number of amides is 3. The smallest absolute Gasteiger partial charge is 0.329 e. The van der Waals surface area contributed by atoms with Crippen LogP contribution in [0.3, 0.4) is 0 Å². The molecule has 7 heterocycles. The highest BCUT2D eigenvalue weighted by molar-refractivity contribution is 9.10. The molecule has 0 radical (unpaired) electrons. The van der Waals surface area contributed by atoms with E-state index in [-0.39, 0.29) is 30.6 Å². The van der Waals surface area contributed by atoms with Crippen molar-refractivity contribution in [2.75, 3.05) is 98.1 Å². The van der Waals surface area contributed by atoms with E-state index < -0.39 is 19.0 Å². The molecule has 0 aliphatic carbocycles. The highest BCUT2D eigenvalue weighted by atomic mass is 79.9. The largest absolute Gasteiger partial charge is 0.494 e. The molecule has 0 saturated carbocycles. The number of nitrogens with zero attached hydrogens (tertiary/aromatic N) is 11. The summed E-state index contributed by atoms with van der Waals surface area (Å²) in [5.41, 5.74) is 5.83. The van der Waals surface area contributed by atoms with Gasteiger partial charge in [-0.1, -0.05) is 0 Å². The van der Waals surface area contributed by atoms with E-state index in [1.165, 1.54) is 17.0 Å². The molecule has 4 aromatic heterocycles. The molecule has 3 aliphatic rings. The number of anilines is 7. The van der Waals surface area contributed by atoms with Crippen molar-refractivity contribution in [2.24, 2.45) is 20.0 Å². The van der Waals surface area contributed by atoms with E-state index in [1.54, 1.807) is 55.2 Å². The lowest BCUT2D eigenvalue weighted by atomic mass is 9.94. The topological polar surface area (TPSA) is 184 Å². The van der Waals surface area contributed by atoms with E-state index in [9.17, 15) is 18.5 Å². The minimum atomic E-state index is -2.94. The van der Waals surface area contributed by atoms with Crippen LogP contribution in [0.4, 0.5) is 53.9 Å². The summed E-state index contributed by atoms with van der Waals surface area (Å²) in [5.74, 6) is 0.870. The number of methoxy groups -OCH3 is 1. The molecule has 3 saturated heterocycles. The van der Waals surface area contributed by atoms with Gasteiger partial charge in [0.2, 0.25) is 11.9 Å². The highest BCUT2D eigenvalue weighted by Crippen LogP contribution is 2.44. The normalized spacial score (nSPS) is 16.4. The Morgan fingerprint density at radius 2 is 1.64 bits per heavy atom. The number of halogens is 3. The molecule has 3 N–H and O–H groups in total. The maximum atomic E-state index is 15.8. The SMILES string of the molecule is COc1cc(N2CCC(CN3CCN(c4cc5c(cc4F)c(N4CCC(=O)NC4=O)nn5C)CC3)CC2)c(-c2cnn(C)c2)cc1Nc1ncc(Br)c(Nc2ccc3ncc(F)cc3c2P(C)(C)=O)n1. The van der Waals surface area contributed by atoms with E-state index >= 15 is 4.39 Å². The van der Waals surface area contributed by atoms with Crippen molar-refractivity contribution in [3.05, 3.63) is 83.4 Å². The first kappa shape index (κ1) is 47.0. The Morgan fingerprint density at radius 3 is 2.36 bits per heavy atom. The zero-order valence-corrected chi connectivity index (χ0v) is 41.8. The Hall–Kier alpha value is -6.70. The Balaban J connectivity index is 0.817. The zero-order chi connectivity index (χ0) is 49.0. The molecule has 0 bridgehead atoms. The minimum absolute atomic E-state index is 0.155. The number of imide groups is 1. The van der Waals surface area contributed by atoms with Gasteiger partial charge in [0.1, 0.15) is 30.3 Å². The monoisotopic (exact) mass is 1040 g/mol. The highest BCUT2D eigenvalue weighted by Gasteiger charge is 2.31. The van der Waals surface area contributed by atoms with Crippen LogP contribution >= 0.6 is 23.1 Å². The number of rotatable bonds is 12. The fourth-order valence-electron chi connectivity index (χ4n) is 9.84. The first-order valence-electron chi connectivity index (χ1n) is 23.0. The first-order valence-corrected chi connectivity index (χ1v) is 26.4. The van der Waals surface area contributed by atoms with Crippen LogP contribution < -0.4 is 40.7 Å². The van der Waals surface area contributed by atoms with E-state index in [0.717, 1.165) is 68.6 Å². The quantitative estimate of drug-likeness (QED) is 0.102. The van der Waals surface area contributed by atoms with Crippen molar-refractivity contribution in [3.8, 4) is 16.9 Å². The van der Waals surface area contributed by atoms with E-state index in [0.29, 0.717) is 85.0 Å². The van der Waals surface area contributed by atoms with Gasteiger partial charge >= 0.3 is 6.03 Å². The summed E-state index contributed by atoms with van der Waals surface area (Å²) in [4.78, 5) is 46.2. The summed E-state index contributed by atoms with van der Waals surface area (Å²) < 4.78 is 53.9.